The Morgan fingerprint density at radius 2 is 1.49 bits per heavy atom. The highest BCUT2D eigenvalue weighted by Gasteiger charge is 2.23. The number of anilines is 1. The average Bonchev–Trinajstić information content (AvgIpc) is 2.99. The molecule has 0 radical (unpaired) electrons. The SMILES string of the molecule is N#Cc1ccc(-c2ccc(NC(=O)c3ccc(C(=O)N4CCN(Cc5ccc(F)cc5)CC4)cn3)cc2)cc1. The van der Waals surface area contributed by atoms with Crippen LogP contribution in [0.2, 0.25) is 0 Å². The zero-order valence-corrected chi connectivity index (χ0v) is 21.2. The van der Waals surface area contributed by atoms with E-state index in [9.17, 15) is 14.0 Å². The molecule has 8 heteroatoms. The van der Waals surface area contributed by atoms with Crippen molar-refractivity contribution in [3.63, 3.8) is 0 Å². The van der Waals surface area contributed by atoms with Gasteiger partial charge >= 0.3 is 0 Å². The molecule has 1 aromatic heterocycles. The lowest BCUT2D eigenvalue weighted by Crippen LogP contribution is -2.48. The van der Waals surface area contributed by atoms with Gasteiger partial charge in [0.15, 0.2) is 0 Å². The number of benzene rings is 3. The fourth-order valence-electron chi connectivity index (χ4n) is 4.47. The number of rotatable bonds is 6. The van der Waals surface area contributed by atoms with Crippen LogP contribution in [0.1, 0.15) is 32.0 Å². The molecule has 3 aromatic carbocycles. The van der Waals surface area contributed by atoms with Crippen LogP contribution in [0.4, 0.5) is 10.1 Å². The molecule has 0 spiro atoms. The van der Waals surface area contributed by atoms with Gasteiger partial charge in [-0.05, 0) is 65.2 Å². The fourth-order valence-corrected chi connectivity index (χ4v) is 4.47. The number of nitrogens with one attached hydrogen (secondary N) is 1. The van der Waals surface area contributed by atoms with Crippen molar-refractivity contribution in [1.82, 2.24) is 14.8 Å². The maximum atomic E-state index is 13.1. The summed E-state index contributed by atoms with van der Waals surface area (Å²) in [6, 6.07) is 26.5. The van der Waals surface area contributed by atoms with Crippen LogP contribution in [0, 0.1) is 17.1 Å². The number of nitrogens with zero attached hydrogens (tertiary/aromatic N) is 4. The van der Waals surface area contributed by atoms with Gasteiger partial charge in [-0.2, -0.15) is 5.26 Å². The normalized spacial score (nSPS) is 13.5. The Kier molecular flexibility index (Phi) is 7.71. The molecule has 1 fully saturated rings. The summed E-state index contributed by atoms with van der Waals surface area (Å²) in [7, 11) is 0. The van der Waals surface area contributed by atoms with Crippen LogP contribution < -0.4 is 5.32 Å². The highest BCUT2D eigenvalue weighted by Crippen LogP contribution is 2.22. The number of carbonyl (C=O) groups is 2. The third-order valence-electron chi connectivity index (χ3n) is 6.71. The van der Waals surface area contributed by atoms with Gasteiger partial charge in [-0.25, -0.2) is 4.39 Å². The first kappa shape index (κ1) is 25.8. The number of halogens is 1. The number of hydrogen-bond donors (Lipinski definition) is 1. The van der Waals surface area contributed by atoms with Crippen LogP contribution in [0.3, 0.4) is 0 Å². The molecule has 1 saturated heterocycles. The highest BCUT2D eigenvalue weighted by molar-refractivity contribution is 6.03. The molecular formula is C31H26FN5O2. The Labute approximate surface area is 226 Å². The van der Waals surface area contributed by atoms with E-state index in [4.69, 9.17) is 5.26 Å². The summed E-state index contributed by atoms with van der Waals surface area (Å²) < 4.78 is 13.1. The lowest BCUT2D eigenvalue weighted by molar-refractivity contribution is 0.0627. The summed E-state index contributed by atoms with van der Waals surface area (Å²) in [6.45, 7) is 3.33. The predicted octanol–water partition coefficient (Wildman–Crippen LogP) is 4.97. The van der Waals surface area contributed by atoms with Gasteiger partial charge in [-0.3, -0.25) is 19.5 Å². The van der Waals surface area contributed by atoms with Gasteiger partial charge in [0.1, 0.15) is 11.5 Å². The second kappa shape index (κ2) is 11.7. The molecule has 39 heavy (non-hydrogen) atoms. The Morgan fingerprint density at radius 3 is 2.08 bits per heavy atom. The summed E-state index contributed by atoms with van der Waals surface area (Å²) in [6.07, 6.45) is 1.44. The van der Waals surface area contributed by atoms with Crippen LogP contribution >= 0.6 is 0 Å². The second-order valence-corrected chi connectivity index (χ2v) is 9.35. The van der Waals surface area contributed by atoms with Crippen molar-refractivity contribution in [3.05, 3.63) is 119 Å². The van der Waals surface area contributed by atoms with Crippen molar-refractivity contribution in [2.24, 2.45) is 0 Å². The molecule has 2 amide bonds. The summed E-state index contributed by atoms with van der Waals surface area (Å²) in [5, 5.41) is 11.8. The van der Waals surface area contributed by atoms with E-state index in [1.807, 2.05) is 24.3 Å². The van der Waals surface area contributed by atoms with E-state index in [0.29, 0.717) is 36.4 Å². The molecule has 1 aliphatic heterocycles. The van der Waals surface area contributed by atoms with E-state index in [0.717, 1.165) is 29.8 Å². The van der Waals surface area contributed by atoms with Gasteiger partial charge in [0.05, 0.1) is 17.2 Å². The lowest BCUT2D eigenvalue weighted by Gasteiger charge is -2.34. The minimum absolute atomic E-state index is 0.116. The summed E-state index contributed by atoms with van der Waals surface area (Å²) >= 11 is 0. The Hall–Kier alpha value is -4.87. The van der Waals surface area contributed by atoms with Crippen molar-refractivity contribution in [2.45, 2.75) is 6.54 Å². The van der Waals surface area contributed by atoms with Crippen LogP contribution in [0.5, 0.6) is 0 Å². The number of amides is 2. The number of carbonyl (C=O) groups excluding carboxylic acids is 2. The van der Waals surface area contributed by atoms with Crippen molar-refractivity contribution < 1.29 is 14.0 Å². The molecule has 2 heterocycles. The molecule has 0 aliphatic carbocycles. The first-order chi connectivity index (χ1) is 19.0. The van der Waals surface area contributed by atoms with Gasteiger partial charge in [0.25, 0.3) is 11.8 Å². The number of aromatic nitrogens is 1. The molecule has 1 N–H and O–H groups in total. The van der Waals surface area contributed by atoms with E-state index in [-0.39, 0.29) is 23.3 Å². The van der Waals surface area contributed by atoms with Gasteiger partial charge in [0, 0.05) is 44.6 Å². The van der Waals surface area contributed by atoms with Crippen molar-refractivity contribution in [1.29, 1.82) is 5.26 Å². The van der Waals surface area contributed by atoms with E-state index >= 15 is 0 Å². The highest BCUT2D eigenvalue weighted by atomic mass is 19.1. The quantitative estimate of drug-likeness (QED) is 0.389. The molecule has 0 atom stereocenters. The molecule has 1 aliphatic rings. The molecule has 0 bridgehead atoms. The summed E-state index contributed by atoms with van der Waals surface area (Å²) in [4.78, 5) is 33.9. The van der Waals surface area contributed by atoms with Crippen LogP contribution in [-0.4, -0.2) is 52.8 Å². The molecule has 0 unspecified atom stereocenters. The van der Waals surface area contributed by atoms with Crippen LogP contribution in [0.15, 0.2) is 91.1 Å². The Balaban J connectivity index is 1.13. The van der Waals surface area contributed by atoms with Gasteiger partial charge in [-0.15, -0.1) is 0 Å². The van der Waals surface area contributed by atoms with E-state index in [1.165, 1.54) is 18.3 Å². The topological polar surface area (TPSA) is 89.3 Å². The fraction of sp³-hybridized carbons (Fsp3) is 0.161. The minimum Gasteiger partial charge on any atom is -0.336 e. The van der Waals surface area contributed by atoms with E-state index in [1.54, 1.807) is 53.4 Å². The monoisotopic (exact) mass is 519 g/mol. The van der Waals surface area contributed by atoms with Crippen molar-refractivity contribution >= 4 is 17.5 Å². The maximum absolute atomic E-state index is 13.1. The van der Waals surface area contributed by atoms with Gasteiger partial charge in [-0.1, -0.05) is 36.4 Å². The van der Waals surface area contributed by atoms with Crippen molar-refractivity contribution in [3.8, 4) is 17.2 Å². The molecule has 4 aromatic rings. The average molecular weight is 520 g/mol. The largest absolute Gasteiger partial charge is 0.336 e. The third kappa shape index (κ3) is 6.35. The van der Waals surface area contributed by atoms with Crippen LogP contribution in [0.25, 0.3) is 11.1 Å². The lowest BCUT2D eigenvalue weighted by atomic mass is 10.0. The maximum Gasteiger partial charge on any atom is 0.274 e. The number of piperazine rings is 1. The minimum atomic E-state index is -0.366. The third-order valence-corrected chi connectivity index (χ3v) is 6.71. The standard InChI is InChI=1S/C31H26FN5O2/c32-27-10-3-23(4-11-27)21-36-15-17-37(18-16-36)31(39)26-9-14-29(34-20-26)30(38)35-28-12-7-25(8-13-28)24-5-1-22(19-33)2-6-24/h1-14,20H,15-18,21H2,(H,35,38). The Bertz CT molecular complexity index is 1490. The summed E-state index contributed by atoms with van der Waals surface area (Å²) in [5.74, 6) is -0.732. The molecular weight excluding hydrogens is 493 g/mol. The molecule has 194 valence electrons. The zero-order valence-electron chi connectivity index (χ0n) is 21.2. The number of nitriles is 1. The molecule has 5 rings (SSSR count). The Morgan fingerprint density at radius 1 is 0.846 bits per heavy atom. The molecule has 0 saturated carbocycles. The summed E-state index contributed by atoms with van der Waals surface area (Å²) in [5.41, 5.74) is 4.85. The number of pyridine rings is 1. The van der Waals surface area contributed by atoms with Crippen LogP contribution in [-0.2, 0) is 6.54 Å². The van der Waals surface area contributed by atoms with E-state index < -0.39 is 0 Å². The first-order valence-corrected chi connectivity index (χ1v) is 12.6. The predicted molar refractivity (Wildman–Crippen MR) is 146 cm³/mol. The zero-order chi connectivity index (χ0) is 27.2. The smallest absolute Gasteiger partial charge is 0.274 e. The molecule has 7 nitrogen and oxygen atoms in total. The first-order valence-electron chi connectivity index (χ1n) is 12.6. The van der Waals surface area contributed by atoms with Gasteiger partial charge in [0.2, 0.25) is 0 Å². The number of hydrogen-bond acceptors (Lipinski definition) is 5. The second-order valence-electron chi connectivity index (χ2n) is 9.35. The van der Waals surface area contributed by atoms with Gasteiger partial charge < -0.3 is 10.2 Å². The van der Waals surface area contributed by atoms with E-state index in [2.05, 4.69) is 21.3 Å². The van der Waals surface area contributed by atoms with Crippen molar-refractivity contribution in [2.75, 3.05) is 31.5 Å².